The maximum atomic E-state index is 12.2. The number of carbonyl (C=O) groups is 1. The average molecular weight is 275 g/mol. The molecule has 1 amide bonds. The van der Waals surface area contributed by atoms with Gasteiger partial charge in [-0.2, -0.15) is 0 Å². The molecular weight excluding hydrogens is 258 g/mol. The van der Waals surface area contributed by atoms with E-state index in [4.69, 9.17) is 0 Å². The van der Waals surface area contributed by atoms with Gasteiger partial charge in [0, 0.05) is 38.3 Å². The fourth-order valence-corrected chi connectivity index (χ4v) is 2.10. The summed E-state index contributed by atoms with van der Waals surface area (Å²) in [5.41, 5.74) is 0.792. The largest absolute Gasteiger partial charge is 0.334 e. The monoisotopic (exact) mass is 275 g/mol. The first-order chi connectivity index (χ1) is 9.61. The lowest BCUT2D eigenvalue weighted by molar-refractivity contribution is -0.384. The average Bonchev–Trinajstić information content (AvgIpc) is 2.36. The number of rotatable bonds is 6. The minimum atomic E-state index is -0.432. The summed E-state index contributed by atoms with van der Waals surface area (Å²) in [7, 11) is 0. The first-order valence-electron chi connectivity index (χ1n) is 6.45. The summed E-state index contributed by atoms with van der Waals surface area (Å²) in [6, 6.07) is 6.37. The fourth-order valence-electron chi connectivity index (χ4n) is 2.10. The molecule has 1 saturated heterocycles. The number of benzene rings is 1. The Hall–Kier alpha value is -2.21. The van der Waals surface area contributed by atoms with E-state index in [9.17, 15) is 14.9 Å². The molecule has 0 aliphatic carbocycles. The second kappa shape index (κ2) is 6.29. The van der Waals surface area contributed by atoms with Crippen LogP contribution in [-0.2, 0) is 11.3 Å². The smallest absolute Gasteiger partial charge is 0.269 e. The van der Waals surface area contributed by atoms with Crippen LogP contribution in [0, 0.1) is 16.0 Å². The Morgan fingerprint density at radius 2 is 2.30 bits per heavy atom. The van der Waals surface area contributed by atoms with Gasteiger partial charge in [-0.3, -0.25) is 14.9 Å². The van der Waals surface area contributed by atoms with Crippen molar-refractivity contribution in [2.24, 2.45) is 5.92 Å². The van der Waals surface area contributed by atoms with Crippen LogP contribution in [-0.4, -0.2) is 35.4 Å². The van der Waals surface area contributed by atoms with E-state index in [1.807, 2.05) is 0 Å². The molecule has 1 fully saturated rings. The predicted molar refractivity (Wildman–Crippen MR) is 75.1 cm³/mol. The molecule has 106 valence electrons. The van der Waals surface area contributed by atoms with Crippen LogP contribution in [0.3, 0.4) is 0 Å². The quantitative estimate of drug-likeness (QED) is 0.483. The molecule has 0 radical (unpaired) electrons. The first kappa shape index (κ1) is 14.2. The molecule has 0 aromatic heterocycles. The molecule has 0 atom stereocenters. The highest BCUT2D eigenvalue weighted by Crippen LogP contribution is 2.17. The van der Waals surface area contributed by atoms with E-state index >= 15 is 0 Å². The molecule has 1 heterocycles. The van der Waals surface area contributed by atoms with Gasteiger partial charge in [-0.15, -0.1) is 6.58 Å². The number of nitrogens with one attached hydrogen (secondary N) is 1. The van der Waals surface area contributed by atoms with Crippen LogP contribution in [0.1, 0.15) is 5.56 Å². The van der Waals surface area contributed by atoms with E-state index in [2.05, 4.69) is 11.9 Å². The number of non-ortho nitro benzene ring substituents is 1. The molecule has 6 nitrogen and oxygen atoms in total. The van der Waals surface area contributed by atoms with Crippen LogP contribution in [0.4, 0.5) is 5.69 Å². The van der Waals surface area contributed by atoms with Crippen LogP contribution >= 0.6 is 0 Å². The molecule has 1 aliphatic heterocycles. The zero-order valence-corrected chi connectivity index (χ0v) is 11.1. The summed E-state index contributed by atoms with van der Waals surface area (Å²) in [6.45, 7) is 5.85. The second-order valence-corrected chi connectivity index (χ2v) is 4.79. The Morgan fingerprint density at radius 1 is 1.55 bits per heavy atom. The van der Waals surface area contributed by atoms with Gasteiger partial charge in [0.25, 0.3) is 5.69 Å². The van der Waals surface area contributed by atoms with E-state index in [0.717, 1.165) is 5.56 Å². The first-order valence-corrected chi connectivity index (χ1v) is 6.45. The lowest BCUT2D eigenvalue weighted by atomic mass is 10.0. The molecular formula is C14H17N3O3. The van der Waals surface area contributed by atoms with E-state index in [1.165, 1.54) is 12.1 Å². The summed E-state index contributed by atoms with van der Waals surface area (Å²) >= 11 is 0. The van der Waals surface area contributed by atoms with Crippen molar-refractivity contribution in [3.8, 4) is 0 Å². The molecule has 1 aliphatic rings. The van der Waals surface area contributed by atoms with Crippen LogP contribution in [0.15, 0.2) is 36.9 Å². The van der Waals surface area contributed by atoms with Gasteiger partial charge in [0.2, 0.25) is 5.91 Å². The molecule has 0 unspecified atom stereocenters. The van der Waals surface area contributed by atoms with Gasteiger partial charge in [0.1, 0.15) is 0 Å². The lowest BCUT2D eigenvalue weighted by Gasteiger charge is -2.32. The third kappa shape index (κ3) is 3.21. The zero-order chi connectivity index (χ0) is 14.5. The summed E-state index contributed by atoms with van der Waals surface area (Å²) in [6.07, 6.45) is 1.67. The topological polar surface area (TPSA) is 75.5 Å². The highest BCUT2D eigenvalue weighted by molar-refractivity contribution is 5.80. The minimum absolute atomic E-state index is 0.00801. The summed E-state index contributed by atoms with van der Waals surface area (Å²) in [5, 5.41) is 13.8. The molecule has 6 heteroatoms. The predicted octanol–water partition coefficient (Wildman–Crippen LogP) is 1.33. The minimum Gasteiger partial charge on any atom is -0.334 e. The van der Waals surface area contributed by atoms with Gasteiger partial charge in [-0.05, 0) is 5.56 Å². The molecule has 20 heavy (non-hydrogen) atoms. The summed E-state index contributed by atoms with van der Waals surface area (Å²) < 4.78 is 0. The summed E-state index contributed by atoms with van der Waals surface area (Å²) in [5.74, 6) is 0.0730. The van der Waals surface area contributed by atoms with Crippen molar-refractivity contribution in [2.45, 2.75) is 6.54 Å². The Balaban J connectivity index is 2.10. The van der Waals surface area contributed by atoms with Crippen LogP contribution < -0.4 is 5.32 Å². The van der Waals surface area contributed by atoms with E-state index in [-0.39, 0.29) is 17.5 Å². The van der Waals surface area contributed by atoms with Gasteiger partial charge < -0.3 is 10.2 Å². The van der Waals surface area contributed by atoms with Gasteiger partial charge in [0.15, 0.2) is 0 Å². The molecule has 0 spiro atoms. The van der Waals surface area contributed by atoms with Crippen molar-refractivity contribution in [1.29, 1.82) is 0 Å². The lowest BCUT2D eigenvalue weighted by Crippen LogP contribution is -2.51. The molecule has 1 N–H and O–H groups in total. The maximum absolute atomic E-state index is 12.2. The summed E-state index contributed by atoms with van der Waals surface area (Å²) in [4.78, 5) is 24.3. The Bertz CT molecular complexity index is 526. The van der Waals surface area contributed by atoms with E-state index < -0.39 is 4.92 Å². The number of hydrogen-bond donors (Lipinski definition) is 1. The van der Waals surface area contributed by atoms with Gasteiger partial charge in [0.05, 0.1) is 10.8 Å². The fraction of sp³-hybridized carbons (Fsp3) is 0.357. The van der Waals surface area contributed by atoms with Crippen LogP contribution in [0.25, 0.3) is 0 Å². The van der Waals surface area contributed by atoms with E-state index in [1.54, 1.807) is 23.1 Å². The molecule has 0 bridgehead atoms. The number of nitrogens with zero attached hydrogens (tertiary/aromatic N) is 2. The van der Waals surface area contributed by atoms with Crippen LogP contribution in [0.5, 0.6) is 0 Å². The van der Waals surface area contributed by atoms with Gasteiger partial charge in [-0.1, -0.05) is 18.2 Å². The molecule has 1 aromatic rings. The molecule has 2 rings (SSSR count). The van der Waals surface area contributed by atoms with Crippen molar-refractivity contribution in [3.05, 3.63) is 52.6 Å². The zero-order valence-electron chi connectivity index (χ0n) is 11.1. The Labute approximate surface area is 117 Å². The van der Waals surface area contributed by atoms with Crippen molar-refractivity contribution in [2.75, 3.05) is 19.6 Å². The number of nitro groups is 1. The van der Waals surface area contributed by atoms with Crippen molar-refractivity contribution >= 4 is 11.6 Å². The van der Waals surface area contributed by atoms with Gasteiger partial charge >= 0.3 is 0 Å². The van der Waals surface area contributed by atoms with Crippen molar-refractivity contribution in [3.63, 3.8) is 0 Å². The van der Waals surface area contributed by atoms with Crippen LogP contribution in [0.2, 0.25) is 0 Å². The van der Waals surface area contributed by atoms with Gasteiger partial charge in [-0.25, -0.2) is 0 Å². The van der Waals surface area contributed by atoms with Crippen molar-refractivity contribution in [1.82, 2.24) is 10.2 Å². The maximum Gasteiger partial charge on any atom is 0.269 e. The second-order valence-electron chi connectivity index (χ2n) is 4.79. The third-order valence-electron chi connectivity index (χ3n) is 3.29. The number of amides is 1. The highest BCUT2D eigenvalue weighted by atomic mass is 16.6. The number of hydrogen-bond acceptors (Lipinski definition) is 4. The number of carbonyl (C=O) groups excluding carboxylic acids is 1. The SMILES string of the molecule is C=CCN(Cc1cccc([N+](=O)[O-])c1)C(=O)C1CNC1. The molecule has 0 saturated carbocycles. The Morgan fingerprint density at radius 3 is 2.85 bits per heavy atom. The van der Waals surface area contributed by atoms with E-state index in [0.29, 0.717) is 26.2 Å². The highest BCUT2D eigenvalue weighted by Gasteiger charge is 2.28. The standard InChI is InChI=1S/C14H17N3O3/c1-2-6-16(14(18)12-8-15-9-12)10-11-4-3-5-13(7-11)17(19)20/h2-5,7,12,15H,1,6,8-10H2. The Kier molecular flexibility index (Phi) is 4.47. The normalized spacial score (nSPS) is 14.4. The van der Waals surface area contributed by atoms with Crippen molar-refractivity contribution < 1.29 is 9.72 Å². The third-order valence-corrected chi connectivity index (χ3v) is 3.29. The molecule has 1 aromatic carbocycles. The number of nitro benzene ring substituents is 1.